The second kappa shape index (κ2) is 3.93. The summed E-state index contributed by atoms with van der Waals surface area (Å²) in [6, 6.07) is 0. The quantitative estimate of drug-likeness (QED) is 0.857. The molecule has 1 aromatic rings. The molecule has 3 nitrogen and oxygen atoms in total. The molecule has 1 N–H and O–H groups in total. The topological polar surface area (TPSA) is 50.2 Å². The first-order chi connectivity index (χ1) is 7.14. The summed E-state index contributed by atoms with van der Waals surface area (Å²) in [5.41, 5.74) is 2.47. The maximum Gasteiger partial charge on any atom is 0.309 e. The molecular weight excluding hydrogens is 210 g/mol. The lowest BCUT2D eigenvalue weighted by molar-refractivity contribution is -0.155. The van der Waals surface area contributed by atoms with E-state index in [4.69, 9.17) is 5.11 Å². The Balaban J connectivity index is 1.98. The predicted octanol–water partition coefficient (Wildman–Crippen LogP) is 2.64. The smallest absolute Gasteiger partial charge is 0.309 e. The Bertz CT molecular complexity index is 368. The number of aliphatic carboxylic acids is 1. The number of carboxylic acids is 1. The zero-order valence-corrected chi connectivity index (χ0v) is 9.64. The van der Waals surface area contributed by atoms with Gasteiger partial charge in [-0.3, -0.25) is 4.79 Å². The molecule has 0 aromatic carbocycles. The summed E-state index contributed by atoms with van der Waals surface area (Å²) in [6.07, 6.45) is 4.39. The molecule has 0 amide bonds. The van der Waals surface area contributed by atoms with Crippen molar-refractivity contribution in [3.05, 3.63) is 16.1 Å². The highest BCUT2D eigenvalue weighted by atomic mass is 32.1. The average molecular weight is 225 g/mol. The molecule has 0 saturated heterocycles. The lowest BCUT2D eigenvalue weighted by Crippen LogP contribution is -2.38. The SMILES string of the molecule is Cc1ncsc1CCC1(C(=O)O)CCC1. The van der Waals surface area contributed by atoms with Crippen molar-refractivity contribution < 1.29 is 9.90 Å². The van der Waals surface area contributed by atoms with Crippen molar-refractivity contribution in [1.82, 2.24) is 4.98 Å². The van der Waals surface area contributed by atoms with E-state index in [1.807, 2.05) is 12.4 Å². The lowest BCUT2D eigenvalue weighted by atomic mass is 9.66. The number of hydrogen-bond acceptors (Lipinski definition) is 3. The van der Waals surface area contributed by atoms with Crippen molar-refractivity contribution in [2.45, 2.75) is 39.0 Å². The van der Waals surface area contributed by atoms with Crippen LogP contribution in [0.5, 0.6) is 0 Å². The highest BCUT2D eigenvalue weighted by molar-refractivity contribution is 7.09. The van der Waals surface area contributed by atoms with Crippen molar-refractivity contribution in [2.75, 3.05) is 0 Å². The molecule has 1 aliphatic carbocycles. The molecule has 1 aromatic heterocycles. The van der Waals surface area contributed by atoms with Crippen LogP contribution in [-0.4, -0.2) is 16.1 Å². The van der Waals surface area contributed by atoms with Gasteiger partial charge in [0.2, 0.25) is 0 Å². The van der Waals surface area contributed by atoms with Gasteiger partial charge in [0.15, 0.2) is 0 Å². The summed E-state index contributed by atoms with van der Waals surface area (Å²) in [5, 5.41) is 9.17. The summed E-state index contributed by atoms with van der Waals surface area (Å²) < 4.78 is 0. The number of nitrogens with zero attached hydrogens (tertiary/aromatic N) is 1. The fraction of sp³-hybridized carbons (Fsp3) is 0.636. The maximum atomic E-state index is 11.1. The Kier molecular flexibility index (Phi) is 2.78. The minimum absolute atomic E-state index is 0.420. The van der Waals surface area contributed by atoms with E-state index in [1.165, 1.54) is 4.88 Å². The van der Waals surface area contributed by atoms with Crippen LogP contribution in [-0.2, 0) is 11.2 Å². The Morgan fingerprint density at radius 2 is 2.40 bits per heavy atom. The molecule has 0 unspecified atom stereocenters. The van der Waals surface area contributed by atoms with Crippen LogP contribution in [0.25, 0.3) is 0 Å². The third kappa shape index (κ3) is 1.91. The third-order valence-electron chi connectivity index (χ3n) is 3.44. The van der Waals surface area contributed by atoms with Crippen LogP contribution in [0, 0.1) is 12.3 Å². The van der Waals surface area contributed by atoms with Crippen molar-refractivity contribution >= 4 is 17.3 Å². The molecule has 1 heterocycles. The van der Waals surface area contributed by atoms with Crippen LogP contribution in [0.3, 0.4) is 0 Å². The van der Waals surface area contributed by atoms with Crippen LogP contribution >= 0.6 is 11.3 Å². The molecular formula is C11H15NO2S. The Labute approximate surface area is 93.2 Å². The van der Waals surface area contributed by atoms with Crippen LogP contribution in [0.1, 0.15) is 36.3 Å². The number of carbonyl (C=O) groups is 1. The van der Waals surface area contributed by atoms with Gasteiger partial charge in [-0.2, -0.15) is 0 Å². The van der Waals surface area contributed by atoms with E-state index in [1.54, 1.807) is 11.3 Å². The van der Waals surface area contributed by atoms with Gasteiger partial charge in [0, 0.05) is 4.88 Å². The second-order valence-corrected chi connectivity index (χ2v) is 5.24. The molecule has 1 aliphatic rings. The van der Waals surface area contributed by atoms with E-state index in [0.29, 0.717) is 0 Å². The zero-order chi connectivity index (χ0) is 10.9. The van der Waals surface area contributed by atoms with E-state index in [0.717, 1.165) is 37.8 Å². The number of aromatic nitrogens is 1. The standard InChI is InChI=1S/C11H15NO2S/c1-8-9(15-7-12-8)3-6-11(10(13)14)4-2-5-11/h7H,2-6H2,1H3,(H,13,14). The molecule has 4 heteroatoms. The molecule has 0 spiro atoms. The van der Waals surface area contributed by atoms with Gasteiger partial charge in [-0.25, -0.2) is 4.98 Å². The average Bonchev–Trinajstić information content (AvgIpc) is 2.49. The van der Waals surface area contributed by atoms with Gasteiger partial charge in [0.25, 0.3) is 0 Å². The van der Waals surface area contributed by atoms with Gasteiger partial charge in [-0.05, 0) is 32.6 Å². The third-order valence-corrected chi connectivity index (χ3v) is 4.43. The fourth-order valence-electron chi connectivity index (χ4n) is 2.09. The fourth-order valence-corrected chi connectivity index (χ4v) is 2.87. The largest absolute Gasteiger partial charge is 0.481 e. The van der Waals surface area contributed by atoms with Crippen molar-refractivity contribution in [2.24, 2.45) is 5.41 Å². The van der Waals surface area contributed by atoms with Crippen LogP contribution in [0.4, 0.5) is 0 Å². The number of rotatable bonds is 4. The Morgan fingerprint density at radius 1 is 1.67 bits per heavy atom. The number of hydrogen-bond donors (Lipinski definition) is 1. The Morgan fingerprint density at radius 3 is 2.80 bits per heavy atom. The molecule has 0 radical (unpaired) electrons. The van der Waals surface area contributed by atoms with E-state index in [-0.39, 0.29) is 0 Å². The highest BCUT2D eigenvalue weighted by Gasteiger charge is 2.43. The molecule has 1 saturated carbocycles. The van der Waals surface area contributed by atoms with E-state index >= 15 is 0 Å². The van der Waals surface area contributed by atoms with Crippen molar-refractivity contribution in [1.29, 1.82) is 0 Å². The molecule has 15 heavy (non-hydrogen) atoms. The Hall–Kier alpha value is -0.900. The first kappa shape index (κ1) is 10.6. The number of thiazole rings is 1. The molecule has 0 aliphatic heterocycles. The molecule has 2 rings (SSSR count). The maximum absolute atomic E-state index is 11.1. The number of carboxylic acid groups (broad SMARTS) is 1. The van der Waals surface area contributed by atoms with Crippen LogP contribution in [0.2, 0.25) is 0 Å². The van der Waals surface area contributed by atoms with Crippen molar-refractivity contribution in [3.63, 3.8) is 0 Å². The van der Waals surface area contributed by atoms with Gasteiger partial charge in [-0.1, -0.05) is 6.42 Å². The summed E-state index contributed by atoms with van der Waals surface area (Å²) in [5.74, 6) is -0.615. The van der Waals surface area contributed by atoms with Crippen molar-refractivity contribution in [3.8, 4) is 0 Å². The minimum atomic E-state index is -0.615. The molecule has 82 valence electrons. The van der Waals surface area contributed by atoms with Crippen LogP contribution in [0.15, 0.2) is 5.51 Å². The van der Waals surface area contributed by atoms with Gasteiger partial charge in [0.1, 0.15) is 0 Å². The summed E-state index contributed by atoms with van der Waals surface area (Å²) >= 11 is 1.63. The predicted molar refractivity (Wildman–Crippen MR) is 59.1 cm³/mol. The van der Waals surface area contributed by atoms with Gasteiger partial charge in [-0.15, -0.1) is 11.3 Å². The summed E-state index contributed by atoms with van der Waals surface area (Å²) in [4.78, 5) is 16.6. The summed E-state index contributed by atoms with van der Waals surface area (Å²) in [7, 11) is 0. The van der Waals surface area contributed by atoms with Gasteiger partial charge < -0.3 is 5.11 Å². The van der Waals surface area contributed by atoms with Gasteiger partial charge in [0.05, 0.1) is 16.6 Å². The minimum Gasteiger partial charge on any atom is -0.481 e. The zero-order valence-electron chi connectivity index (χ0n) is 8.82. The summed E-state index contributed by atoms with van der Waals surface area (Å²) in [6.45, 7) is 1.99. The first-order valence-electron chi connectivity index (χ1n) is 5.26. The normalized spacial score (nSPS) is 18.5. The molecule has 0 atom stereocenters. The number of aryl methyl sites for hydroxylation is 2. The van der Waals surface area contributed by atoms with Crippen LogP contribution < -0.4 is 0 Å². The van der Waals surface area contributed by atoms with E-state index < -0.39 is 11.4 Å². The lowest BCUT2D eigenvalue weighted by Gasteiger charge is -2.37. The molecule has 1 fully saturated rings. The highest BCUT2D eigenvalue weighted by Crippen LogP contribution is 2.45. The van der Waals surface area contributed by atoms with E-state index in [9.17, 15) is 4.79 Å². The second-order valence-electron chi connectivity index (χ2n) is 4.30. The monoisotopic (exact) mass is 225 g/mol. The molecule has 0 bridgehead atoms. The van der Waals surface area contributed by atoms with E-state index in [2.05, 4.69) is 4.98 Å². The van der Waals surface area contributed by atoms with Gasteiger partial charge >= 0.3 is 5.97 Å². The first-order valence-corrected chi connectivity index (χ1v) is 6.14.